The Hall–Kier alpha value is -0.860. The van der Waals surface area contributed by atoms with E-state index in [4.69, 9.17) is 5.73 Å². The smallest absolute Gasteiger partial charge is 0.193 e. The molecule has 0 saturated carbocycles. The third-order valence-corrected chi connectivity index (χ3v) is 4.69. The predicted octanol–water partition coefficient (Wildman–Crippen LogP) is 2.15. The van der Waals surface area contributed by atoms with Gasteiger partial charge in [-0.1, -0.05) is 26.0 Å². The normalized spacial score (nSPS) is 26.9. The van der Waals surface area contributed by atoms with Crippen molar-refractivity contribution < 1.29 is 0 Å². The van der Waals surface area contributed by atoms with Gasteiger partial charge >= 0.3 is 0 Å². The summed E-state index contributed by atoms with van der Waals surface area (Å²) in [5.41, 5.74) is 8.38. The average molecular weight is 429 g/mol. The summed E-state index contributed by atoms with van der Waals surface area (Å²) in [6, 6.07) is 8.90. The third kappa shape index (κ3) is 4.81. The number of aliphatic imine (C=N–C) groups is 1. The molecule has 1 unspecified atom stereocenters. The Labute approximate surface area is 156 Å². The van der Waals surface area contributed by atoms with Crippen molar-refractivity contribution in [3.8, 4) is 0 Å². The van der Waals surface area contributed by atoms with Crippen LogP contribution in [0.5, 0.6) is 0 Å². The van der Waals surface area contributed by atoms with Gasteiger partial charge in [-0.3, -0.25) is 14.8 Å². The summed E-state index contributed by atoms with van der Waals surface area (Å²) in [7, 11) is 0. The molecule has 3 heterocycles. The first-order chi connectivity index (χ1) is 10.6. The molecular weight excluding hydrogens is 401 g/mol. The summed E-state index contributed by atoms with van der Waals surface area (Å²) >= 11 is 0. The lowest BCUT2D eigenvalue weighted by atomic mass is 10.0. The van der Waals surface area contributed by atoms with Gasteiger partial charge in [0.15, 0.2) is 5.96 Å². The maximum Gasteiger partial charge on any atom is 0.193 e. The number of hydrogen-bond acceptors (Lipinski definition) is 3. The van der Waals surface area contributed by atoms with Crippen LogP contribution in [0, 0.1) is 0 Å². The number of guanidine groups is 1. The van der Waals surface area contributed by atoms with E-state index in [1.54, 1.807) is 0 Å². The highest BCUT2D eigenvalue weighted by Crippen LogP contribution is 2.18. The standard InChI is InChI=1S/C17H27N5.HI/c1-13(2)14-4-3-5-15(10-14)20-17(18)19-11-16-12-21-6-8-22(16)9-7-21;/h3-5,10,13,16H,6-9,11-12H2,1-2H3,(H3,18,19,20);1H. The molecule has 3 aliphatic rings. The number of piperazine rings is 3. The summed E-state index contributed by atoms with van der Waals surface area (Å²) < 4.78 is 0. The number of anilines is 1. The molecule has 3 fully saturated rings. The third-order valence-electron chi connectivity index (χ3n) is 4.69. The second-order valence-corrected chi connectivity index (χ2v) is 6.62. The summed E-state index contributed by atoms with van der Waals surface area (Å²) in [5, 5.41) is 3.22. The van der Waals surface area contributed by atoms with E-state index in [2.05, 4.69) is 52.2 Å². The molecular formula is C17H28IN5. The fourth-order valence-electron chi connectivity index (χ4n) is 3.26. The van der Waals surface area contributed by atoms with Crippen LogP contribution in [0.1, 0.15) is 25.3 Å². The van der Waals surface area contributed by atoms with Crippen molar-refractivity contribution in [2.45, 2.75) is 25.8 Å². The van der Waals surface area contributed by atoms with E-state index in [1.807, 2.05) is 6.07 Å². The molecule has 3 N–H and O–H groups in total. The summed E-state index contributed by atoms with van der Waals surface area (Å²) in [4.78, 5) is 9.61. The summed E-state index contributed by atoms with van der Waals surface area (Å²) in [6.07, 6.45) is 0. The van der Waals surface area contributed by atoms with E-state index in [1.165, 1.54) is 31.7 Å². The first-order valence-corrected chi connectivity index (χ1v) is 8.25. The van der Waals surface area contributed by atoms with Crippen molar-refractivity contribution >= 4 is 35.6 Å². The molecule has 4 rings (SSSR count). The molecule has 1 atom stereocenters. The average Bonchev–Trinajstić information content (AvgIpc) is 2.54. The lowest BCUT2D eigenvalue weighted by Crippen LogP contribution is -2.61. The van der Waals surface area contributed by atoms with Crippen LogP contribution in [-0.2, 0) is 0 Å². The van der Waals surface area contributed by atoms with Crippen molar-refractivity contribution in [2.75, 3.05) is 44.6 Å². The van der Waals surface area contributed by atoms with Gasteiger partial charge in [0.05, 0.1) is 6.54 Å². The molecule has 3 saturated heterocycles. The van der Waals surface area contributed by atoms with Crippen LogP contribution in [-0.4, -0.2) is 61.1 Å². The van der Waals surface area contributed by atoms with Gasteiger partial charge in [-0.05, 0) is 23.6 Å². The Morgan fingerprint density at radius 1 is 1.30 bits per heavy atom. The number of fused-ring (bicyclic) bond motifs is 3. The van der Waals surface area contributed by atoms with E-state index >= 15 is 0 Å². The van der Waals surface area contributed by atoms with Crippen molar-refractivity contribution in [3.05, 3.63) is 29.8 Å². The van der Waals surface area contributed by atoms with E-state index in [-0.39, 0.29) is 24.0 Å². The number of halogens is 1. The number of nitrogens with one attached hydrogen (secondary N) is 1. The lowest BCUT2D eigenvalue weighted by Gasteiger charge is -2.47. The van der Waals surface area contributed by atoms with Gasteiger partial charge in [0.1, 0.15) is 0 Å². The molecule has 0 aliphatic carbocycles. The monoisotopic (exact) mass is 429 g/mol. The van der Waals surface area contributed by atoms with Gasteiger partial charge in [-0.25, -0.2) is 0 Å². The molecule has 0 aromatic heterocycles. The maximum absolute atomic E-state index is 6.05. The van der Waals surface area contributed by atoms with Crippen LogP contribution in [0.15, 0.2) is 29.3 Å². The van der Waals surface area contributed by atoms with Crippen LogP contribution in [0.4, 0.5) is 5.69 Å². The SMILES string of the molecule is CC(C)c1cccc(NC(N)=NCC2CN3CCN2CC3)c1.I. The first kappa shape index (κ1) is 18.5. The highest BCUT2D eigenvalue weighted by molar-refractivity contribution is 14.0. The molecule has 0 amide bonds. The maximum atomic E-state index is 6.05. The Morgan fingerprint density at radius 2 is 2.04 bits per heavy atom. The minimum Gasteiger partial charge on any atom is -0.370 e. The van der Waals surface area contributed by atoms with Crippen molar-refractivity contribution in [1.29, 1.82) is 0 Å². The molecule has 6 heteroatoms. The highest BCUT2D eigenvalue weighted by atomic mass is 127. The van der Waals surface area contributed by atoms with Gasteiger partial charge in [0.25, 0.3) is 0 Å². The molecule has 0 radical (unpaired) electrons. The molecule has 3 aliphatic heterocycles. The van der Waals surface area contributed by atoms with Gasteiger partial charge in [-0.15, -0.1) is 24.0 Å². The zero-order valence-corrected chi connectivity index (χ0v) is 16.4. The zero-order chi connectivity index (χ0) is 15.5. The molecule has 2 bridgehead atoms. The minimum atomic E-state index is 0. The lowest BCUT2D eigenvalue weighted by molar-refractivity contribution is 0.0174. The van der Waals surface area contributed by atoms with E-state index in [0.29, 0.717) is 17.9 Å². The van der Waals surface area contributed by atoms with Crippen molar-refractivity contribution in [1.82, 2.24) is 9.80 Å². The minimum absolute atomic E-state index is 0. The quantitative estimate of drug-likeness (QED) is 0.438. The number of nitrogens with zero attached hydrogens (tertiary/aromatic N) is 3. The number of benzene rings is 1. The Balaban J connectivity index is 0.00000192. The van der Waals surface area contributed by atoms with Crippen molar-refractivity contribution in [2.24, 2.45) is 10.7 Å². The van der Waals surface area contributed by atoms with Gasteiger partial charge in [-0.2, -0.15) is 0 Å². The second kappa shape index (κ2) is 8.30. The first-order valence-electron chi connectivity index (χ1n) is 8.25. The van der Waals surface area contributed by atoms with Crippen LogP contribution in [0.2, 0.25) is 0 Å². The largest absolute Gasteiger partial charge is 0.370 e. The fraction of sp³-hybridized carbons (Fsp3) is 0.588. The summed E-state index contributed by atoms with van der Waals surface area (Å²) in [5.74, 6) is 1.03. The second-order valence-electron chi connectivity index (χ2n) is 6.62. The van der Waals surface area contributed by atoms with Crippen molar-refractivity contribution in [3.63, 3.8) is 0 Å². The Kier molecular flexibility index (Phi) is 6.67. The van der Waals surface area contributed by atoms with Crippen LogP contribution in [0.3, 0.4) is 0 Å². The van der Waals surface area contributed by atoms with E-state index in [0.717, 1.165) is 18.8 Å². The summed E-state index contributed by atoms with van der Waals surface area (Å²) in [6.45, 7) is 11.0. The molecule has 128 valence electrons. The highest BCUT2D eigenvalue weighted by Gasteiger charge is 2.31. The molecule has 5 nitrogen and oxygen atoms in total. The van der Waals surface area contributed by atoms with Crippen LogP contribution < -0.4 is 11.1 Å². The number of rotatable bonds is 4. The Bertz CT molecular complexity index is 538. The molecule has 23 heavy (non-hydrogen) atoms. The van der Waals surface area contributed by atoms with Crippen LogP contribution >= 0.6 is 24.0 Å². The topological polar surface area (TPSA) is 56.9 Å². The number of nitrogens with two attached hydrogens (primary N) is 1. The van der Waals surface area contributed by atoms with Gasteiger partial charge < -0.3 is 11.1 Å². The zero-order valence-electron chi connectivity index (χ0n) is 14.0. The van der Waals surface area contributed by atoms with E-state index in [9.17, 15) is 0 Å². The van der Waals surface area contributed by atoms with E-state index < -0.39 is 0 Å². The van der Waals surface area contributed by atoms with Crippen LogP contribution in [0.25, 0.3) is 0 Å². The van der Waals surface area contributed by atoms with Gasteiger partial charge in [0.2, 0.25) is 0 Å². The number of hydrogen-bond donors (Lipinski definition) is 2. The fourth-order valence-corrected chi connectivity index (χ4v) is 3.26. The van der Waals surface area contributed by atoms with Gasteiger partial charge in [0, 0.05) is 44.5 Å². The predicted molar refractivity (Wildman–Crippen MR) is 108 cm³/mol. The molecule has 0 spiro atoms. The molecule has 1 aromatic rings. The molecule has 1 aromatic carbocycles. The Morgan fingerprint density at radius 3 is 2.65 bits per heavy atom.